The molecular weight excluding hydrogens is 364 g/mol. The zero-order valence-corrected chi connectivity index (χ0v) is 14.3. The minimum Gasteiger partial charge on any atom is -0.325 e. The minimum atomic E-state index is -4.53. The van der Waals surface area contributed by atoms with Gasteiger partial charge in [0.05, 0.1) is 5.56 Å². The van der Waals surface area contributed by atoms with E-state index in [1.807, 2.05) is 0 Å². The van der Waals surface area contributed by atoms with Crippen LogP contribution in [-0.4, -0.2) is 18.4 Å². The van der Waals surface area contributed by atoms with Crippen molar-refractivity contribution >= 4 is 23.2 Å². The SMILES string of the molecule is Cc1cc(F)ccc1N1CC[C@@H](C(=O)Nc2cccc(C(F)(F)F)c2)C1=O. The highest BCUT2D eigenvalue weighted by atomic mass is 19.4. The van der Waals surface area contributed by atoms with E-state index in [2.05, 4.69) is 5.32 Å². The molecule has 0 aliphatic carbocycles. The highest BCUT2D eigenvalue weighted by Crippen LogP contribution is 2.32. The molecule has 3 rings (SSSR count). The summed E-state index contributed by atoms with van der Waals surface area (Å²) in [5.41, 5.74) is 0.152. The molecule has 2 aromatic carbocycles. The fourth-order valence-corrected chi connectivity index (χ4v) is 3.09. The quantitative estimate of drug-likeness (QED) is 0.643. The standard InChI is InChI=1S/C19H16F4N2O2/c1-11-9-13(20)5-6-16(11)25-8-7-15(18(25)27)17(26)24-14-4-2-3-12(10-14)19(21,22)23/h2-6,9-10,15H,7-8H2,1H3,(H,24,26)/t15-/m0/s1. The molecule has 0 saturated carbocycles. The maximum absolute atomic E-state index is 13.2. The fraction of sp³-hybridized carbons (Fsp3) is 0.263. The molecule has 8 heteroatoms. The molecule has 0 spiro atoms. The zero-order valence-electron chi connectivity index (χ0n) is 14.3. The van der Waals surface area contributed by atoms with E-state index in [1.165, 1.54) is 35.2 Å². The third kappa shape index (κ3) is 3.94. The zero-order chi connectivity index (χ0) is 19.8. The first-order chi connectivity index (χ1) is 12.7. The molecule has 1 aliphatic rings. The smallest absolute Gasteiger partial charge is 0.325 e. The van der Waals surface area contributed by atoms with Gasteiger partial charge in [0.15, 0.2) is 0 Å². The number of carbonyl (C=O) groups excluding carboxylic acids is 2. The summed E-state index contributed by atoms with van der Waals surface area (Å²) in [6, 6.07) is 8.21. The van der Waals surface area contributed by atoms with Gasteiger partial charge in [-0.05, 0) is 55.3 Å². The van der Waals surface area contributed by atoms with Gasteiger partial charge in [-0.3, -0.25) is 9.59 Å². The van der Waals surface area contributed by atoms with Crippen molar-refractivity contribution in [2.75, 3.05) is 16.8 Å². The largest absolute Gasteiger partial charge is 0.416 e. The number of hydrogen-bond acceptors (Lipinski definition) is 2. The van der Waals surface area contributed by atoms with Crippen molar-refractivity contribution in [3.8, 4) is 0 Å². The average molecular weight is 380 g/mol. The Morgan fingerprint density at radius 2 is 1.93 bits per heavy atom. The monoisotopic (exact) mass is 380 g/mol. The van der Waals surface area contributed by atoms with Crippen molar-refractivity contribution in [3.05, 3.63) is 59.4 Å². The van der Waals surface area contributed by atoms with Crippen LogP contribution in [0.4, 0.5) is 28.9 Å². The van der Waals surface area contributed by atoms with Crippen LogP contribution in [0.25, 0.3) is 0 Å². The summed E-state index contributed by atoms with van der Waals surface area (Å²) in [6.45, 7) is 1.92. The molecule has 1 N–H and O–H groups in total. The van der Waals surface area contributed by atoms with Gasteiger partial charge >= 0.3 is 6.18 Å². The number of halogens is 4. The summed E-state index contributed by atoms with van der Waals surface area (Å²) >= 11 is 0. The second kappa shape index (κ2) is 7.02. The highest BCUT2D eigenvalue weighted by Gasteiger charge is 2.38. The van der Waals surface area contributed by atoms with E-state index in [1.54, 1.807) is 6.92 Å². The lowest BCUT2D eigenvalue weighted by Crippen LogP contribution is -2.33. The van der Waals surface area contributed by atoms with Crippen molar-refractivity contribution in [3.63, 3.8) is 0 Å². The minimum absolute atomic E-state index is 0.0287. The van der Waals surface area contributed by atoms with Crippen LogP contribution < -0.4 is 10.2 Å². The van der Waals surface area contributed by atoms with Crippen molar-refractivity contribution < 1.29 is 27.2 Å². The Morgan fingerprint density at radius 3 is 2.59 bits per heavy atom. The van der Waals surface area contributed by atoms with Crippen LogP contribution in [0.5, 0.6) is 0 Å². The van der Waals surface area contributed by atoms with E-state index >= 15 is 0 Å². The summed E-state index contributed by atoms with van der Waals surface area (Å²) in [5.74, 6) is -2.57. The van der Waals surface area contributed by atoms with Gasteiger partial charge < -0.3 is 10.2 Å². The predicted molar refractivity (Wildman–Crippen MR) is 91.7 cm³/mol. The first-order valence-electron chi connectivity index (χ1n) is 8.22. The number of anilines is 2. The Hall–Kier alpha value is -2.90. The van der Waals surface area contributed by atoms with Crippen LogP contribution in [0, 0.1) is 18.7 Å². The summed E-state index contributed by atoms with van der Waals surface area (Å²) in [6.07, 6.45) is -4.30. The van der Waals surface area contributed by atoms with Gasteiger partial charge in [-0.2, -0.15) is 13.2 Å². The van der Waals surface area contributed by atoms with E-state index in [0.717, 1.165) is 12.1 Å². The van der Waals surface area contributed by atoms with Crippen molar-refractivity contribution in [1.82, 2.24) is 0 Å². The van der Waals surface area contributed by atoms with Gasteiger partial charge in [0, 0.05) is 17.9 Å². The summed E-state index contributed by atoms with van der Waals surface area (Å²) in [4.78, 5) is 26.4. The van der Waals surface area contributed by atoms with Gasteiger partial charge in [-0.15, -0.1) is 0 Å². The van der Waals surface area contributed by atoms with Crippen LogP contribution in [-0.2, 0) is 15.8 Å². The molecule has 4 nitrogen and oxygen atoms in total. The van der Waals surface area contributed by atoms with Crippen molar-refractivity contribution in [2.45, 2.75) is 19.5 Å². The van der Waals surface area contributed by atoms with E-state index < -0.39 is 35.3 Å². The highest BCUT2D eigenvalue weighted by molar-refractivity contribution is 6.13. The van der Waals surface area contributed by atoms with Gasteiger partial charge in [-0.25, -0.2) is 4.39 Å². The van der Waals surface area contributed by atoms with E-state index in [9.17, 15) is 27.2 Å². The molecule has 1 aliphatic heterocycles. The van der Waals surface area contributed by atoms with Crippen LogP contribution >= 0.6 is 0 Å². The average Bonchev–Trinajstić information content (AvgIpc) is 2.96. The lowest BCUT2D eigenvalue weighted by molar-refractivity contribution is -0.137. The number of rotatable bonds is 3. The predicted octanol–water partition coefficient (Wildman–Crippen LogP) is 4.14. The fourth-order valence-electron chi connectivity index (χ4n) is 3.09. The molecule has 0 unspecified atom stereocenters. The van der Waals surface area contributed by atoms with Crippen molar-refractivity contribution in [1.29, 1.82) is 0 Å². The first kappa shape index (κ1) is 18.9. The molecule has 142 valence electrons. The van der Waals surface area contributed by atoms with Gasteiger partial charge in [-0.1, -0.05) is 6.07 Å². The molecule has 2 aromatic rings. The number of carbonyl (C=O) groups is 2. The van der Waals surface area contributed by atoms with Crippen LogP contribution in [0.1, 0.15) is 17.5 Å². The second-order valence-electron chi connectivity index (χ2n) is 6.33. The number of hydrogen-bond donors (Lipinski definition) is 1. The topological polar surface area (TPSA) is 49.4 Å². The molecule has 1 atom stereocenters. The molecule has 1 fully saturated rings. The lowest BCUT2D eigenvalue weighted by atomic mass is 10.1. The third-order valence-corrected chi connectivity index (χ3v) is 4.43. The first-order valence-corrected chi connectivity index (χ1v) is 8.22. The van der Waals surface area contributed by atoms with Gasteiger partial charge in [0.1, 0.15) is 11.7 Å². The Bertz CT molecular complexity index is 896. The molecule has 0 bridgehead atoms. The number of nitrogens with one attached hydrogen (secondary N) is 1. The number of amides is 2. The van der Waals surface area contributed by atoms with E-state index in [0.29, 0.717) is 11.3 Å². The summed E-state index contributed by atoms with van der Waals surface area (Å²) in [7, 11) is 0. The van der Waals surface area contributed by atoms with E-state index in [4.69, 9.17) is 0 Å². The molecule has 2 amide bonds. The van der Waals surface area contributed by atoms with Crippen LogP contribution in [0.15, 0.2) is 42.5 Å². The number of alkyl halides is 3. The second-order valence-corrected chi connectivity index (χ2v) is 6.33. The Balaban J connectivity index is 1.74. The molecule has 1 saturated heterocycles. The summed E-state index contributed by atoms with van der Waals surface area (Å²) in [5, 5.41) is 2.38. The normalized spacial score (nSPS) is 17.3. The third-order valence-electron chi connectivity index (χ3n) is 4.43. The van der Waals surface area contributed by atoms with E-state index in [-0.39, 0.29) is 18.7 Å². The summed E-state index contributed by atoms with van der Waals surface area (Å²) < 4.78 is 51.6. The maximum atomic E-state index is 13.2. The number of benzene rings is 2. The lowest BCUT2D eigenvalue weighted by Gasteiger charge is -2.19. The Kier molecular flexibility index (Phi) is 4.91. The van der Waals surface area contributed by atoms with Gasteiger partial charge in [0.2, 0.25) is 11.8 Å². The molecule has 0 aromatic heterocycles. The Labute approximate surface area is 152 Å². The van der Waals surface area contributed by atoms with Crippen molar-refractivity contribution in [2.24, 2.45) is 5.92 Å². The molecular formula is C19H16F4N2O2. The molecule has 0 radical (unpaired) electrons. The van der Waals surface area contributed by atoms with Crippen LogP contribution in [0.3, 0.4) is 0 Å². The van der Waals surface area contributed by atoms with Gasteiger partial charge in [0.25, 0.3) is 0 Å². The van der Waals surface area contributed by atoms with Crippen LogP contribution in [0.2, 0.25) is 0 Å². The number of nitrogens with zero attached hydrogens (tertiary/aromatic N) is 1. The molecule has 27 heavy (non-hydrogen) atoms. The molecule has 1 heterocycles. The maximum Gasteiger partial charge on any atom is 0.416 e. The number of aryl methyl sites for hydroxylation is 1. The Morgan fingerprint density at radius 1 is 1.19 bits per heavy atom.